The van der Waals surface area contributed by atoms with E-state index in [1.807, 2.05) is 0 Å². The van der Waals surface area contributed by atoms with Crippen LogP contribution < -0.4 is 48.3 Å². The number of hydrogen-bond acceptors (Lipinski definition) is 11. The molecule has 0 radical (unpaired) electrons. The number of carbonyl (C=O) groups is 9. The zero-order valence-corrected chi connectivity index (χ0v) is 44.5. The van der Waals surface area contributed by atoms with Gasteiger partial charge in [-0.3, -0.25) is 38.4 Å². The third-order valence-corrected chi connectivity index (χ3v) is 11.3. The summed E-state index contributed by atoms with van der Waals surface area (Å²) in [5, 5.41) is 20.7. The van der Waals surface area contributed by atoms with Crippen molar-refractivity contribution in [2.75, 3.05) is 7.11 Å². The summed E-state index contributed by atoms with van der Waals surface area (Å²) >= 11 is 0. The molecule has 10 N–H and O–H groups in total. The first-order chi connectivity index (χ1) is 35.5. The van der Waals surface area contributed by atoms with Gasteiger partial charge in [0, 0.05) is 0 Å². The molecule has 0 aliphatic heterocycles. The van der Waals surface area contributed by atoms with E-state index < -0.39 is 80.9 Å². The van der Waals surface area contributed by atoms with E-state index in [1.54, 1.807) is 121 Å². The lowest BCUT2D eigenvalue weighted by Gasteiger charge is -2.36. The molecule has 0 aromatic heterocycles. The van der Waals surface area contributed by atoms with Crippen LogP contribution in [0.15, 0.2) is 144 Å². The summed E-state index contributed by atoms with van der Waals surface area (Å²) in [7, 11) is 1.17. The molecule has 400 valence electrons. The van der Waals surface area contributed by atoms with Crippen LogP contribution in [0.25, 0.3) is 24.3 Å². The number of nitrogens with two attached hydrogens (primary N) is 1. The molecular weight excluding hydrogens is 971 g/mol. The highest BCUT2D eigenvalue weighted by Crippen LogP contribution is 2.17. The van der Waals surface area contributed by atoms with Gasteiger partial charge in [0.15, 0.2) is 0 Å². The van der Waals surface area contributed by atoms with E-state index in [1.165, 1.54) is 101 Å². The molecule has 0 aliphatic carbocycles. The second-order valence-electron chi connectivity index (χ2n) is 20.2. The number of methoxy groups -OCH3 is 1. The van der Waals surface area contributed by atoms with Crippen LogP contribution in [0.4, 0.5) is 0 Å². The average Bonchev–Trinajstić information content (AvgIpc) is 3.35. The maximum atomic E-state index is 14.5. The normalized spacial score (nSPS) is 12.7. The van der Waals surface area contributed by atoms with Gasteiger partial charge in [-0.2, -0.15) is 0 Å². The maximum absolute atomic E-state index is 14.5. The molecule has 0 aliphatic rings. The molecule has 19 nitrogen and oxygen atoms in total. The lowest BCUT2D eigenvalue weighted by molar-refractivity contribution is -0.150. The van der Waals surface area contributed by atoms with Gasteiger partial charge in [-0.05, 0) is 116 Å². The minimum Gasteiger partial charge on any atom is -0.467 e. The first-order valence-electron chi connectivity index (χ1n) is 23.9. The van der Waals surface area contributed by atoms with Crippen molar-refractivity contribution in [2.45, 2.75) is 96.9 Å². The number of amides is 8. The van der Waals surface area contributed by atoms with Crippen LogP contribution in [0.3, 0.4) is 0 Å². The SMILES string of the molecule is COC(=O)C(C)(C)NC(=O)C(C)(C)NC(=O)C(C)(C)NC(=O)C(C)(C)NC(=O)C(C)(C)NC(=O)/C(=C/c1ccccc1)NC(=O)/C(=C/c1ccccc1)NC(=O)/C(=C/c1ccccc1)NC(=O)/C(N)=C/c1ccccc1. The minimum atomic E-state index is -1.79. The van der Waals surface area contributed by atoms with E-state index in [2.05, 4.69) is 42.5 Å². The first kappa shape index (κ1) is 59.4. The van der Waals surface area contributed by atoms with E-state index in [4.69, 9.17) is 10.5 Å². The summed E-state index contributed by atoms with van der Waals surface area (Å²) in [5.74, 6) is -7.55. The zero-order valence-electron chi connectivity index (χ0n) is 44.5. The predicted molar refractivity (Wildman–Crippen MR) is 289 cm³/mol. The van der Waals surface area contributed by atoms with Crippen molar-refractivity contribution in [3.05, 3.63) is 166 Å². The molecule has 0 atom stereocenters. The third-order valence-electron chi connectivity index (χ3n) is 11.3. The third kappa shape index (κ3) is 17.2. The predicted octanol–water partition coefficient (Wildman–Crippen LogP) is 4.11. The largest absolute Gasteiger partial charge is 0.467 e. The molecule has 0 fully saturated rings. The molecule has 4 aromatic carbocycles. The number of hydrogen-bond donors (Lipinski definition) is 9. The molecule has 0 bridgehead atoms. The Morgan fingerprint density at radius 3 is 0.908 bits per heavy atom. The number of nitrogens with one attached hydrogen (secondary N) is 8. The number of ether oxygens (including phenoxy) is 1. The van der Waals surface area contributed by atoms with E-state index >= 15 is 0 Å². The molecule has 4 aromatic rings. The highest BCUT2D eigenvalue weighted by molar-refractivity contribution is 6.12. The van der Waals surface area contributed by atoms with Crippen LogP contribution in [0.1, 0.15) is 91.5 Å². The van der Waals surface area contributed by atoms with Gasteiger partial charge in [-0.25, -0.2) is 4.79 Å². The minimum absolute atomic E-state index is 0.210. The van der Waals surface area contributed by atoms with Crippen molar-refractivity contribution in [3.63, 3.8) is 0 Å². The van der Waals surface area contributed by atoms with Crippen molar-refractivity contribution in [3.8, 4) is 0 Å². The summed E-state index contributed by atoms with van der Waals surface area (Å²) in [6.45, 7) is 13.9. The standard InChI is InChI=1S/C57H67N9O10/c1-53(2,48(71)63-54(3,4)49(72)64-55(5,6)50(73)65-56(7,8)51(74)66-57(9,10)52(75)76-11)62-47(70)43(35-39-30-22-15-23-31-39)61-46(69)42(34-38-28-20-14-21-29-38)60-45(68)41(33-37-26-18-13-19-27-37)59-44(67)40(58)32-36-24-16-12-17-25-36/h12-35H,58H2,1-11H3,(H,59,67)(H,60,68)(H,61,69)(H,62,70)(H,63,71)(H,64,72)(H,65,73)(H,66,74)/b40-32-,41-33-,42-34-,43-35-. The van der Waals surface area contributed by atoms with Crippen LogP contribution in [0.5, 0.6) is 0 Å². The number of esters is 1. The van der Waals surface area contributed by atoms with Crippen LogP contribution in [0.2, 0.25) is 0 Å². The second-order valence-corrected chi connectivity index (χ2v) is 20.2. The van der Waals surface area contributed by atoms with Crippen molar-refractivity contribution in [1.29, 1.82) is 0 Å². The summed E-state index contributed by atoms with van der Waals surface area (Å²) in [6.07, 6.45) is 5.54. The van der Waals surface area contributed by atoms with E-state index in [0.717, 1.165) is 0 Å². The first-order valence-corrected chi connectivity index (χ1v) is 23.9. The number of carbonyl (C=O) groups excluding carboxylic acids is 9. The van der Waals surface area contributed by atoms with Gasteiger partial charge in [0.2, 0.25) is 23.6 Å². The summed E-state index contributed by atoms with van der Waals surface area (Å²) in [6, 6.07) is 34.4. The topological polar surface area (TPSA) is 285 Å². The highest BCUT2D eigenvalue weighted by atomic mass is 16.5. The average molecular weight is 1040 g/mol. The van der Waals surface area contributed by atoms with Crippen LogP contribution in [-0.2, 0) is 47.9 Å². The summed E-state index contributed by atoms with van der Waals surface area (Å²) < 4.78 is 4.75. The van der Waals surface area contributed by atoms with Gasteiger partial charge in [-0.15, -0.1) is 0 Å². The van der Waals surface area contributed by atoms with Crippen molar-refractivity contribution in [2.24, 2.45) is 5.73 Å². The van der Waals surface area contributed by atoms with Crippen molar-refractivity contribution in [1.82, 2.24) is 42.5 Å². The highest BCUT2D eigenvalue weighted by Gasteiger charge is 2.43. The molecule has 0 unspecified atom stereocenters. The van der Waals surface area contributed by atoms with Gasteiger partial charge in [0.1, 0.15) is 44.8 Å². The van der Waals surface area contributed by atoms with Crippen LogP contribution in [-0.4, -0.2) is 88.0 Å². The van der Waals surface area contributed by atoms with E-state index in [0.29, 0.717) is 22.3 Å². The fraction of sp³-hybridized carbons (Fsp3) is 0.281. The molecule has 0 spiro atoms. The van der Waals surface area contributed by atoms with Gasteiger partial charge < -0.3 is 53.0 Å². The Bertz CT molecular complexity index is 2940. The summed E-state index contributed by atoms with van der Waals surface area (Å²) in [5.41, 5.74) is -1.14. The lowest BCUT2D eigenvalue weighted by atomic mass is 9.94. The smallest absolute Gasteiger partial charge is 0.330 e. The molecule has 0 saturated heterocycles. The number of rotatable bonds is 21. The van der Waals surface area contributed by atoms with Crippen LogP contribution in [0, 0.1) is 0 Å². The quantitative estimate of drug-likeness (QED) is 0.0423. The van der Waals surface area contributed by atoms with Crippen molar-refractivity contribution >= 4 is 77.5 Å². The molecule has 8 amide bonds. The Morgan fingerprint density at radius 1 is 0.355 bits per heavy atom. The second kappa shape index (κ2) is 25.2. The van der Waals surface area contributed by atoms with E-state index in [9.17, 15) is 43.2 Å². The van der Waals surface area contributed by atoms with Crippen LogP contribution >= 0.6 is 0 Å². The lowest BCUT2D eigenvalue weighted by Crippen LogP contribution is -2.68. The Hall–Kier alpha value is -9.13. The Labute approximate surface area is 442 Å². The Kier molecular flexibility index (Phi) is 19.7. The van der Waals surface area contributed by atoms with Crippen molar-refractivity contribution < 1.29 is 47.9 Å². The Balaban J connectivity index is 1.58. The van der Waals surface area contributed by atoms with Gasteiger partial charge in [0.25, 0.3) is 23.6 Å². The van der Waals surface area contributed by atoms with E-state index in [-0.39, 0.29) is 22.8 Å². The molecule has 19 heteroatoms. The van der Waals surface area contributed by atoms with Gasteiger partial charge in [-0.1, -0.05) is 121 Å². The fourth-order valence-corrected chi connectivity index (χ4v) is 6.64. The molecule has 76 heavy (non-hydrogen) atoms. The molecule has 4 rings (SSSR count). The Morgan fingerprint density at radius 2 is 0.605 bits per heavy atom. The fourth-order valence-electron chi connectivity index (χ4n) is 6.64. The van der Waals surface area contributed by atoms with Gasteiger partial charge in [0.05, 0.1) is 12.8 Å². The summed E-state index contributed by atoms with van der Waals surface area (Å²) in [4.78, 5) is 123. The van der Waals surface area contributed by atoms with Gasteiger partial charge >= 0.3 is 5.97 Å². The maximum Gasteiger partial charge on any atom is 0.330 e. The number of benzene rings is 4. The molecule has 0 saturated carbocycles. The zero-order chi connectivity index (χ0) is 56.6. The molecular formula is C57H67N9O10. The molecule has 0 heterocycles. The monoisotopic (exact) mass is 1040 g/mol.